The van der Waals surface area contributed by atoms with E-state index < -0.39 is 28.7 Å². The summed E-state index contributed by atoms with van der Waals surface area (Å²) in [6.07, 6.45) is 10.3. The third-order valence-electron chi connectivity index (χ3n) is 20.2. The van der Waals surface area contributed by atoms with Crippen molar-refractivity contribution in [3.63, 3.8) is 0 Å². The van der Waals surface area contributed by atoms with E-state index in [0.29, 0.717) is 140 Å². The van der Waals surface area contributed by atoms with Crippen LogP contribution in [0, 0.1) is 71.7 Å². The predicted molar refractivity (Wildman–Crippen MR) is 471 cm³/mol. The van der Waals surface area contributed by atoms with Gasteiger partial charge in [-0.25, -0.2) is 17.6 Å². The second-order valence-electron chi connectivity index (χ2n) is 29.6. The highest BCUT2D eigenvalue weighted by molar-refractivity contribution is 6.33. The van der Waals surface area contributed by atoms with Gasteiger partial charge in [-0.05, 0) is 179 Å². The molecule has 0 radical (unpaired) electrons. The maximum Gasteiger partial charge on any atom is 0.224 e. The summed E-state index contributed by atoms with van der Waals surface area (Å²) in [5.41, 5.74) is 72.5. The average Bonchev–Trinajstić information content (AvgIpc) is 1.45. The number of rotatable bonds is 15. The van der Waals surface area contributed by atoms with Gasteiger partial charge in [-0.15, -0.1) is 0 Å². The van der Waals surface area contributed by atoms with Gasteiger partial charge >= 0.3 is 0 Å². The lowest BCUT2D eigenvalue weighted by Crippen LogP contribution is -2.07. The van der Waals surface area contributed by atoms with E-state index in [1.54, 1.807) is 74.0 Å². The van der Waals surface area contributed by atoms with Gasteiger partial charge in [0.15, 0.2) is 68.7 Å². The third-order valence-corrected chi connectivity index (χ3v) is 20.6. The van der Waals surface area contributed by atoms with Crippen LogP contribution < -0.4 is 57.3 Å². The van der Waals surface area contributed by atoms with Gasteiger partial charge in [0.05, 0.1) is 41.7 Å². The van der Waals surface area contributed by atoms with Crippen molar-refractivity contribution in [2.24, 2.45) is 0 Å². The Morgan fingerprint density at radius 2 is 0.638 bits per heavy atom. The van der Waals surface area contributed by atoms with E-state index in [9.17, 15) is 17.6 Å². The summed E-state index contributed by atoms with van der Waals surface area (Å²) in [5.74, 6) is 5.68. The minimum atomic E-state index is -1.16. The molecule has 0 amide bonds. The Morgan fingerprint density at radius 3 is 0.992 bits per heavy atom. The van der Waals surface area contributed by atoms with Crippen molar-refractivity contribution in [3.05, 3.63) is 294 Å². The third kappa shape index (κ3) is 17.7. The van der Waals surface area contributed by atoms with Crippen LogP contribution >= 0.6 is 11.6 Å². The van der Waals surface area contributed by atoms with Crippen LogP contribution in [0.1, 0.15) is 95.6 Å². The van der Waals surface area contributed by atoms with Gasteiger partial charge < -0.3 is 79.4 Å². The van der Waals surface area contributed by atoms with Crippen LogP contribution in [0.2, 0.25) is 5.02 Å². The molecule has 20 aromatic rings. The summed E-state index contributed by atoms with van der Waals surface area (Å²) in [6, 6.07) is 40.5. The molecule has 5 aromatic carbocycles. The molecule has 20 rings (SSSR count). The number of para-hydroxylation sites is 1. The van der Waals surface area contributed by atoms with Crippen LogP contribution in [0.5, 0.6) is 0 Å². The molecule has 0 bridgehead atoms. The zero-order valence-electron chi connectivity index (χ0n) is 68.9. The lowest BCUT2D eigenvalue weighted by atomic mass is 10.0. The van der Waals surface area contributed by atoms with Gasteiger partial charge in [0.25, 0.3) is 0 Å². The molecule has 127 heavy (non-hydrogen) atoms. The zero-order chi connectivity index (χ0) is 89.5. The van der Waals surface area contributed by atoms with Crippen molar-refractivity contribution in [3.8, 4) is 57.9 Å². The second kappa shape index (κ2) is 34.6. The summed E-state index contributed by atoms with van der Waals surface area (Å²) < 4.78 is 91.2. The monoisotopic (exact) mass is 1730 g/mol. The number of halogens is 5. The van der Waals surface area contributed by atoms with E-state index in [0.717, 1.165) is 84.5 Å². The van der Waals surface area contributed by atoms with Crippen molar-refractivity contribution in [1.29, 1.82) is 0 Å². The topological polar surface area (TPSA) is 541 Å². The summed E-state index contributed by atoms with van der Waals surface area (Å²) in [6.45, 7) is 13.2. The first kappa shape index (κ1) is 83.9. The van der Waals surface area contributed by atoms with Crippen molar-refractivity contribution < 1.29 is 39.6 Å². The lowest BCUT2D eigenvalue weighted by molar-refractivity contribution is 0.533. The van der Waals surface area contributed by atoms with Crippen LogP contribution in [0.25, 0.3) is 86.2 Å². The van der Waals surface area contributed by atoms with Gasteiger partial charge in [-0.2, -0.15) is 97.9 Å². The normalized spacial score (nSPS) is 11.3. The number of hydrogen-bond donors (Lipinski definition) is 10. The van der Waals surface area contributed by atoms with Crippen molar-refractivity contribution in [2.75, 3.05) is 57.3 Å². The molecule has 15 aromatic heterocycles. The Balaban J connectivity index is 0.000000117. The molecule has 15 heterocycles. The largest absolute Gasteiger partial charge is 0.458 e. The fourth-order valence-electron chi connectivity index (χ4n) is 13.9. The Labute approximate surface area is 722 Å². The van der Waals surface area contributed by atoms with Crippen LogP contribution in [0.15, 0.2) is 193 Å². The highest BCUT2D eigenvalue weighted by Gasteiger charge is 2.26. The fourth-order valence-corrected chi connectivity index (χ4v) is 14.1. The van der Waals surface area contributed by atoms with E-state index in [1.807, 2.05) is 126 Å². The number of furan rings is 5. The van der Waals surface area contributed by atoms with Crippen molar-refractivity contribution in [2.45, 2.75) is 80.6 Å². The first-order valence-electron chi connectivity index (χ1n) is 38.9. The van der Waals surface area contributed by atoms with E-state index in [2.05, 4.69) is 81.4 Å². The molecule has 20 N–H and O–H groups in total. The van der Waals surface area contributed by atoms with Crippen LogP contribution in [0.4, 0.5) is 75.7 Å². The summed E-state index contributed by atoms with van der Waals surface area (Å²) in [5, 5.41) is 22.3. The maximum absolute atomic E-state index is 14.2. The molecule has 0 fully saturated rings. The molecule has 642 valence electrons. The van der Waals surface area contributed by atoms with Crippen LogP contribution in [-0.2, 0) is 32.1 Å². The molecular formula is C87H79ClF4N30O5. The molecule has 40 heteroatoms. The SMILES string of the molecule is Cc1ccc(-c2nc(N)nc3c(Cc4c(F)cc(F)c(N)c4F)cnn23)o1.Cc1ccc(-c2nc(N)nc3c(Cc4cc(F)ccc4N)cnn23)o1.Cc1ccc(-c2nc(N)nc3c(Cc4ccc(N)c(C)c4)cnn23)o1.Cc1ccc(-c2nc(N)nc3c(Cc4ccc(N)c(Cl)c4)cnn23)o1.Cc1ccc(-c2nc(N)nc3c(Cc4cccc(C)c4N)cnn23)o1. The molecule has 0 spiro atoms. The molecule has 0 aliphatic heterocycles. The van der Waals surface area contributed by atoms with Gasteiger partial charge in [0.1, 0.15) is 46.1 Å². The van der Waals surface area contributed by atoms with E-state index in [-0.39, 0.29) is 53.5 Å². The van der Waals surface area contributed by atoms with E-state index in [4.69, 9.17) is 91.0 Å². The van der Waals surface area contributed by atoms with Gasteiger partial charge in [0.2, 0.25) is 58.9 Å². The molecule has 0 saturated carbocycles. The Bertz CT molecular complexity index is 7260. The van der Waals surface area contributed by atoms with Crippen molar-refractivity contribution in [1.82, 2.24) is 97.9 Å². The molecule has 0 unspecified atom stereocenters. The summed E-state index contributed by atoms with van der Waals surface area (Å²) in [7, 11) is 0. The standard InChI is InChI=1S/2C18H18N6O.C17H15ClN6O.C17H13F3N6O.C17H15FN6O/c1-10-7-12(4-5-14(10)19)8-13-9-21-24-16(13)22-18(20)23-17(24)15-6-3-11(2)25-15;1-10-4-3-5-12(15(10)19)8-13-9-21-24-16(13)22-18(20)23-17(24)14-7-6-11(2)25-14;1-9-2-5-14(25-9)16-23-17(20)22-15-11(8-21-24(15)16)6-10-3-4-13(19)12(18)7-10;1-7-2-3-12(27-7)16-25-17(22)24-15-8(6-23-26(15)16)4-9-10(18)5-11(19)14(21)13(9)20;1-9-2-5-14(25-9)16-23-17(20)22-15-11(8-21-24(15)16)6-10-7-12(18)3-4-13(10)19/h2*3-7,9H,8,19H2,1-2H3,(H2,20,22);2-5,7-8H,6,19H2,1H3,(H2,20,22);2-3,5-6H,4,21H2,1H3,(H2,22,24);2-5,7-8H,6,19H2,1H3,(H2,20,22). The first-order chi connectivity index (χ1) is 60.9. The number of aromatic nitrogens is 20. The average molecular weight is 1740 g/mol. The Morgan fingerprint density at radius 1 is 0.299 bits per heavy atom. The number of fused-ring (bicyclic) bond motifs is 5. The molecule has 35 nitrogen and oxygen atoms in total. The molecule has 0 atom stereocenters. The van der Waals surface area contributed by atoms with Gasteiger partial charge in [0, 0.05) is 88.6 Å². The van der Waals surface area contributed by atoms with E-state index in [1.165, 1.54) is 28.9 Å². The highest BCUT2D eigenvalue weighted by Crippen LogP contribution is 2.34. The Hall–Kier alpha value is -16.7. The molecule has 0 aliphatic rings. The number of nitrogens with two attached hydrogens (primary N) is 10. The summed E-state index contributed by atoms with van der Waals surface area (Å²) in [4.78, 5) is 42.6. The second-order valence-corrected chi connectivity index (χ2v) is 30.0. The maximum atomic E-state index is 14.2. The molecule has 0 aliphatic carbocycles. The number of benzene rings is 5. The number of nitrogens with zero attached hydrogens (tertiary/aromatic N) is 20. The smallest absolute Gasteiger partial charge is 0.224 e. The van der Waals surface area contributed by atoms with Crippen molar-refractivity contribution >= 4 is 98.0 Å². The number of aryl methyl sites for hydroxylation is 7. The highest BCUT2D eigenvalue weighted by atomic mass is 35.5. The fraction of sp³-hybridized carbons (Fsp3) is 0.138. The lowest BCUT2D eigenvalue weighted by Gasteiger charge is -2.08. The van der Waals surface area contributed by atoms with Crippen LogP contribution in [-0.4, -0.2) is 97.9 Å². The van der Waals surface area contributed by atoms with Crippen LogP contribution in [0.3, 0.4) is 0 Å². The quantitative estimate of drug-likeness (QED) is 0.0336. The van der Waals surface area contributed by atoms with E-state index >= 15 is 0 Å². The molecular weight excluding hydrogens is 1660 g/mol. The number of nitrogen functional groups attached to an aromatic ring is 10. The minimum absolute atomic E-state index is 0.0622. The molecule has 0 saturated heterocycles. The predicted octanol–water partition coefficient (Wildman–Crippen LogP) is 14.1. The van der Waals surface area contributed by atoms with Gasteiger partial charge in [-0.3, -0.25) is 0 Å². The number of hydrogen-bond acceptors (Lipinski definition) is 30. The minimum Gasteiger partial charge on any atom is -0.458 e. The zero-order valence-corrected chi connectivity index (χ0v) is 69.6. The summed E-state index contributed by atoms with van der Waals surface area (Å²) >= 11 is 6.10. The Kier molecular flexibility index (Phi) is 22.9. The number of anilines is 10. The van der Waals surface area contributed by atoms with Gasteiger partial charge in [-0.1, -0.05) is 48.0 Å². The first-order valence-corrected chi connectivity index (χ1v) is 39.3.